The van der Waals surface area contributed by atoms with Gasteiger partial charge in [-0.05, 0) is 57.6 Å². The molecule has 2 amide bonds. The van der Waals surface area contributed by atoms with E-state index in [2.05, 4.69) is 4.90 Å². The van der Waals surface area contributed by atoms with Gasteiger partial charge in [-0.1, -0.05) is 0 Å². The van der Waals surface area contributed by atoms with Gasteiger partial charge in [-0.25, -0.2) is 17.6 Å². The highest BCUT2D eigenvalue weighted by Crippen LogP contribution is 2.26. The molecule has 8 heteroatoms. The lowest BCUT2D eigenvalue weighted by Gasteiger charge is -2.37. The Morgan fingerprint density at radius 2 is 1.62 bits per heavy atom. The number of sulfone groups is 1. The number of amides is 2. The van der Waals surface area contributed by atoms with Crippen molar-refractivity contribution < 1.29 is 17.6 Å². The van der Waals surface area contributed by atoms with E-state index in [0.29, 0.717) is 32.1 Å². The van der Waals surface area contributed by atoms with Crippen molar-refractivity contribution in [3.8, 4) is 0 Å². The summed E-state index contributed by atoms with van der Waals surface area (Å²) in [7, 11) is 0.540. The number of carbonyl (C=O) groups is 1. The van der Waals surface area contributed by atoms with Crippen LogP contribution in [0.5, 0.6) is 0 Å². The highest BCUT2D eigenvalue weighted by Gasteiger charge is 2.38. The number of piperidine rings is 1. The zero-order chi connectivity index (χ0) is 18.9. The molecule has 0 spiro atoms. The SMILES string of the molecule is CN(C)C1CCN(C(=O)N2CCC(S(=O)(=O)c3ccc(F)cc3)C2)CC1. The largest absolute Gasteiger partial charge is 0.325 e. The molecule has 1 aromatic rings. The molecule has 2 saturated heterocycles. The number of halogens is 1. The summed E-state index contributed by atoms with van der Waals surface area (Å²) < 4.78 is 38.5. The van der Waals surface area contributed by atoms with Crippen LogP contribution in [0.2, 0.25) is 0 Å². The van der Waals surface area contributed by atoms with Gasteiger partial charge in [0.2, 0.25) is 0 Å². The van der Waals surface area contributed by atoms with Crippen LogP contribution in [0.1, 0.15) is 19.3 Å². The fourth-order valence-electron chi connectivity index (χ4n) is 3.75. The maximum atomic E-state index is 13.0. The monoisotopic (exact) mass is 383 g/mol. The molecule has 2 heterocycles. The van der Waals surface area contributed by atoms with E-state index in [1.54, 1.807) is 4.90 Å². The Bertz CT molecular complexity index is 743. The highest BCUT2D eigenvalue weighted by atomic mass is 32.2. The van der Waals surface area contributed by atoms with E-state index in [1.807, 2.05) is 19.0 Å². The van der Waals surface area contributed by atoms with E-state index >= 15 is 0 Å². The molecule has 26 heavy (non-hydrogen) atoms. The molecule has 144 valence electrons. The summed E-state index contributed by atoms with van der Waals surface area (Å²) >= 11 is 0. The molecule has 2 aliphatic rings. The molecule has 1 unspecified atom stereocenters. The Morgan fingerprint density at radius 1 is 1.04 bits per heavy atom. The van der Waals surface area contributed by atoms with Gasteiger partial charge in [0, 0.05) is 32.2 Å². The summed E-state index contributed by atoms with van der Waals surface area (Å²) in [4.78, 5) is 18.5. The second-order valence-corrected chi connectivity index (χ2v) is 9.55. The van der Waals surface area contributed by atoms with E-state index in [-0.39, 0.29) is 17.5 Å². The van der Waals surface area contributed by atoms with Crippen molar-refractivity contribution in [2.75, 3.05) is 40.3 Å². The van der Waals surface area contributed by atoms with Crippen molar-refractivity contribution in [2.24, 2.45) is 0 Å². The van der Waals surface area contributed by atoms with Gasteiger partial charge in [0.05, 0.1) is 10.1 Å². The van der Waals surface area contributed by atoms with Gasteiger partial charge in [0.1, 0.15) is 5.82 Å². The van der Waals surface area contributed by atoms with Crippen LogP contribution in [-0.4, -0.2) is 80.7 Å². The smallest absolute Gasteiger partial charge is 0.320 e. The number of hydrogen-bond donors (Lipinski definition) is 0. The predicted molar refractivity (Wildman–Crippen MR) is 97.2 cm³/mol. The summed E-state index contributed by atoms with van der Waals surface area (Å²) in [6.07, 6.45) is 2.29. The molecule has 0 saturated carbocycles. The molecule has 0 bridgehead atoms. The van der Waals surface area contributed by atoms with Gasteiger partial charge in [-0.3, -0.25) is 0 Å². The van der Waals surface area contributed by atoms with Crippen LogP contribution >= 0.6 is 0 Å². The second-order valence-electron chi connectivity index (χ2n) is 7.32. The fraction of sp³-hybridized carbons (Fsp3) is 0.611. The third kappa shape index (κ3) is 3.86. The third-order valence-corrected chi connectivity index (χ3v) is 7.65. The molecule has 1 aromatic carbocycles. The van der Waals surface area contributed by atoms with E-state index in [1.165, 1.54) is 12.1 Å². The normalized spacial score (nSPS) is 22.2. The number of nitrogens with zero attached hydrogens (tertiary/aromatic N) is 3. The molecular formula is C18H26FN3O3S. The molecule has 1 atom stereocenters. The van der Waals surface area contributed by atoms with Crippen LogP contribution < -0.4 is 0 Å². The van der Waals surface area contributed by atoms with Gasteiger partial charge in [0.25, 0.3) is 0 Å². The summed E-state index contributed by atoms with van der Waals surface area (Å²) in [5.74, 6) is -0.465. The molecule has 0 N–H and O–H groups in total. The molecule has 0 aliphatic carbocycles. The minimum absolute atomic E-state index is 0.0704. The van der Waals surface area contributed by atoms with Gasteiger partial charge in [-0.2, -0.15) is 0 Å². The van der Waals surface area contributed by atoms with Gasteiger partial charge >= 0.3 is 6.03 Å². The van der Waals surface area contributed by atoms with Crippen molar-refractivity contribution >= 4 is 15.9 Å². The topological polar surface area (TPSA) is 60.9 Å². The molecule has 0 aromatic heterocycles. The molecule has 0 radical (unpaired) electrons. The second kappa shape index (κ2) is 7.52. The Labute approximate surface area is 154 Å². The molecular weight excluding hydrogens is 357 g/mol. The first-order chi connectivity index (χ1) is 12.3. The Hall–Kier alpha value is -1.67. The van der Waals surface area contributed by atoms with Gasteiger partial charge < -0.3 is 14.7 Å². The van der Waals surface area contributed by atoms with E-state index in [0.717, 1.165) is 25.0 Å². The lowest BCUT2D eigenvalue weighted by Crippen LogP contribution is -2.49. The number of hydrogen-bond acceptors (Lipinski definition) is 4. The summed E-state index contributed by atoms with van der Waals surface area (Å²) in [6.45, 7) is 2.05. The first-order valence-electron chi connectivity index (χ1n) is 8.99. The number of rotatable bonds is 3. The first-order valence-corrected chi connectivity index (χ1v) is 10.5. The Morgan fingerprint density at radius 3 is 2.19 bits per heavy atom. The number of likely N-dealkylation sites (tertiary alicyclic amines) is 2. The standard InChI is InChI=1S/C18H26FN3O3S/c1-20(2)15-7-10-21(11-8-15)18(23)22-12-9-17(13-22)26(24,25)16-5-3-14(19)4-6-16/h3-6,15,17H,7-13H2,1-2H3. The van der Waals surface area contributed by atoms with E-state index in [9.17, 15) is 17.6 Å². The number of urea groups is 1. The summed E-state index contributed by atoms with van der Waals surface area (Å²) in [5.41, 5.74) is 0. The molecule has 2 aliphatic heterocycles. The Balaban J connectivity index is 1.61. The van der Waals surface area contributed by atoms with Crippen molar-refractivity contribution in [3.05, 3.63) is 30.1 Å². The minimum atomic E-state index is -3.56. The van der Waals surface area contributed by atoms with Crippen molar-refractivity contribution in [2.45, 2.75) is 35.4 Å². The Kier molecular flexibility index (Phi) is 5.53. The number of benzene rings is 1. The van der Waals surface area contributed by atoms with Crippen molar-refractivity contribution in [1.29, 1.82) is 0 Å². The van der Waals surface area contributed by atoms with E-state index in [4.69, 9.17) is 0 Å². The first kappa shape index (κ1) is 19.1. The third-order valence-electron chi connectivity index (χ3n) is 5.46. The van der Waals surface area contributed by atoms with Gasteiger partial charge in [0.15, 0.2) is 9.84 Å². The fourth-order valence-corrected chi connectivity index (χ4v) is 5.44. The van der Waals surface area contributed by atoms with Crippen molar-refractivity contribution in [1.82, 2.24) is 14.7 Å². The minimum Gasteiger partial charge on any atom is -0.325 e. The summed E-state index contributed by atoms with van der Waals surface area (Å²) in [6, 6.07) is 5.31. The van der Waals surface area contributed by atoms with Crippen LogP contribution in [0.15, 0.2) is 29.2 Å². The number of carbonyl (C=O) groups excluding carboxylic acids is 1. The summed E-state index contributed by atoms with van der Waals surface area (Å²) in [5, 5.41) is -0.628. The zero-order valence-electron chi connectivity index (χ0n) is 15.3. The van der Waals surface area contributed by atoms with Crippen LogP contribution in [-0.2, 0) is 9.84 Å². The molecule has 6 nitrogen and oxygen atoms in total. The van der Waals surface area contributed by atoms with Crippen LogP contribution in [0.25, 0.3) is 0 Å². The average molecular weight is 383 g/mol. The lowest BCUT2D eigenvalue weighted by molar-refractivity contribution is 0.126. The van der Waals surface area contributed by atoms with Crippen molar-refractivity contribution in [3.63, 3.8) is 0 Å². The zero-order valence-corrected chi connectivity index (χ0v) is 16.1. The van der Waals surface area contributed by atoms with Gasteiger partial charge in [-0.15, -0.1) is 0 Å². The van der Waals surface area contributed by atoms with E-state index < -0.39 is 20.9 Å². The van der Waals surface area contributed by atoms with Crippen LogP contribution in [0.3, 0.4) is 0 Å². The predicted octanol–water partition coefficient (Wildman–Crippen LogP) is 1.82. The van der Waals surface area contributed by atoms with Crippen LogP contribution in [0, 0.1) is 5.82 Å². The lowest BCUT2D eigenvalue weighted by atomic mass is 10.0. The highest BCUT2D eigenvalue weighted by molar-refractivity contribution is 7.92. The maximum absolute atomic E-state index is 13.0. The average Bonchev–Trinajstić information content (AvgIpc) is 3.12. The quantitative estimate of drug-likeness (QED) is 0.747. The van der Waals surface area contributed by atoms with Crippen LogP contribution in [0.4, 0.5) is 9.18 Å². The molecule has 3 rings (SSSR count). The molecule has 2 fully saturated rings. The maximum Gasteiger partial charge on any atom is 0.320 e.